The van der Waals surface area contributed by atoms with E-state index in [0.717, 1.165) is 39.7 Å². The van der Waals surface area contributed by atoms with Crippen molar-refractivity contribution in [3.05, 3.63) is 53.4 Å². The van der Waals surface area contributed by atoms with E-state index in [2.05, 4.69) is 16.8 Å². The highest BCUT2D eigenvalue weighted by Gasteiger charge is 2.16. The molecule has 4 nitrogen and oxygen atoms in total. The molecule has 4 rings (SSSR count). The summed E-state index contributed by atoms with van der Waals surface area (Å²) < 4.78 is 5.28. The highest BCUT2D eigenvalue weighted by atomic mass is 32.1. The third kappa shape index (κ3) is 2.78. The Bertz CT molecular complexity index is 917. The van der Waals surface area contributed by atoms with Gasteiger partial charge in [0.25, 0.3) is 0 Å². The third-order valence-electron chi connectivity index (χ3n) is 4.12. The molecule has 0 bridgehead atoms. The van der Waals surface area contributed by atoms with Gasteiger partial charge in [0.15, 0.2) is 0 Å². The number of hydrogen-bond donors (Lipinski definition) is 1. The van der Waals surface area contributed by atoms with Gasteiger partial charge in [-0.05, 0) is 36.2 Å². The minimum atomic E-state index is 0.0872. The lowest BCUT2D eigenvalue weighted by Crippen LogP contribution is -2.18. The first-order valence-electron chi connectivity index (χ1n) is 7.76. The molecule has 1 amide bonds. The molecule has 1 aliphatic heterocycles. The lowest BCUT2D eigenvalue weighted by Gasteiger charge is -2.17. The maximum absolute atomic E-state index is 11.5. The molecule has 5 heteroatoms. The summed E-state index contributed by atoms with van der Waals surface area (Å²) in [6.45, 7) is 0. The van der Waals surface area contributed by atoms with Crippen molar-refractivity contribution < 1.29 is 9.53 Å². The van der Waals surface area contributed by atoms with Crippen molar-refractivity contribution in [2.75, 3.05) is 12.4 Å². The number of thiazole rings is 1. The molecule has 0 radical (unpaired) electrons. The molecule has 0 aliphatic carbocycles. The number of methoxy groups -OCH3 is 1. The van der Waals surface area contributed by atoms with Gasteiger partial charge in [0.1, 0.15) is 10.8 Å². The van der Waals surface area contributed by atoms with E-state index in [0.29, 0.717) is 6.42 Å². The monoisotopic (exact) mass is 336 g/mol. The SMILES string of the molecule is COc1cccc(-c2nc(-c3ccc4c(c3)CCC(=O)N4)cs2)c1. The molecule has 0 fully saturated rings. The number of rotatable bonds is 3. The van der Waals surface area contributed by atoms with Crippen LogP contribution in [0.4, 0.5) is 5.69 Å². The van der Waals surface area contributed by atoms with Gasteiger partial charge < -0.3 is 10.1 Å². The predicted molar refractivity (Wildman–Crippen MR) is 96.5 cm³/mol. The Morgan fingerprint density at radius 1 is 1.12 bits per heavy atom. The fraction of sp³-hybridized carbons (Fsp3) is 0.158. The average molecular weight is 336 g/mol. The number of carbonyl (C=O) groups is 1. The van der Waals surface area contributed by atoms with Gasteiger partial charge in [0.2, 0.25) is 5.91 Å². The van der Waals surface area contributed by atoms with E-state index in [-0.39, 0.29) is 5.91 Å². The van der Waals surface area contributed by atoms with Crippen LogP contribution < -0.4 is 10.1 Å². The molecule has 0 spiro atoms. The number of benzene rings is 2. The van der Waals surface area contributed by atoms with Crippen LogP contribution in [0.2, 0.25) is 0 Å². The van der Waals surface area contributed by atoms with Gasteiger partial charge in [-0.2, -0.15) is 0 Å². The lowest BCUT2D eigenvalue weighted by molar-refractivity contribution is -0.116. The highest BCUT2D eigenvalue weighted by molar-refractivity contribution is 7.13. The largest absolute Gasteiger partial charge is 0.497 e. The van der Waals surface area contributed by atoms with Gasteiger partial charge in [0, 0.05) is 28.6 Å². The number of aromatic nitrogens is 1. The quantitative estimate of drug-likeness (QED) is 0.772. The first-order chi connectivity index (χ1) is 11.7. The van der Waals surface area contributed by atoms with Gasteiger partial charge in [0.05, 0.1) is 12.8 Å². The van der Waals surface area contributed by atoms with Gasteiger partial charge in [-0.1, -0.05) is 18.2 Å². The second-order valence-electron chi connectivity index (χ2n) is 5.69. The number of anilines is 1. The minimum Gasteiger partial charge on any atom is -0.497 e. The number of aryl methyl sites for hydroxylation is 1. The first-order valence-corrected chi connectivity index (χ1v) is 8.64. The molecule has 0 atom stereocenters. The smallest absolute Gasteiger partial charge is 0.224 e. The Morgan fingerprint density at radius 3 is 2.92 bits per heavy atom. The summed E-state index contributed by atoms with van der Waals surface area (Å²) in [6.07, 6.45) is 1.32. The second kappa shape index (κ2) is 6.09. The van der Waals surface area contributed by atoms with Gasteiger partial charge >= 0.3 is 0 Å². The first kappa shape index (κ1) is 14.9. The topological polar surface area (TPSA) is 51.2 Å². The van der Waals surface area contributed by atoms with Crippen LogP contribution >= 0.6 is 11.3 Å². The Balaban J connectivity index is 1.66. The van der Waals surface area contributed by atoms with E-state index in [9.17, 15) is 4.79 Å². The molecular weight excluding hydrogens is 320 g/mol. The van der Waals surface area contributed by atoms with Crippen molar-refractivity contribution in [2.45, 2.75) is 12.8 Å². The minimum absolute atomic E-state index is 0.0872. The number of nitrogens with one attached hydrogen (secondary N) is 1. The van der Waals surface area contributed by atoms with Crippen LogP contribution in [0, 0.1) is 0 Å². The zero-order valence-corrected chi connectivity index (χ0v) is 14.0. The number of amides is 1. The van der Waals surface area contributed by atoms with E-state index in [1.165, 1.54) is 5.56 Å². The van der Waals surface area contributed by atoms with Crippen LogP contribution in [0.3, 0.4) is 0 Å². The standard InChI is InChI=1S/C19H16N2O2S/c1-23-15-4-2-3-14(10-15)19-21-17(11-24-19)13-5-7-16-12(9-13)6-8-18(22)20-16/h2-5,7,9-11H,6,8H2,1H3,(H,20,22). The summed E-state index contributed by atoms with van der Waals surface area (Å²) in [5, 5.41) is 5.95. The van der Waals surface area contributed by atoms with E-state index in [1.807, 2.05) is 36.4 Å². The Morgan fingerprint density at radius 2 is 2.04 bits per heavy atom. The second-order valence-corrected chi connectivity index (χ2v) is 6.55. The average Bonchev–Trinajstić information content (AvgIpc) is 3.11. The molecule has 120 valence electrons. The summed E-state index contributed by atoms with van der Waals surface area (Å²) >= 11 is 1.62. The van der Waals surface area contributed by atoms with Crippen LogP contribution in [0.15, 0.2) is 47.8 Å². The van der Waals surface area contributed by atoms with Crippen LogP contribution in [-0.4, -0.2) is 18.0 Å². The highest BCUT2D eigenvalue weighted by Crippen LogP contribution is 2.33. The van der Waals surface area contributed by atoms with E-state index >= 15 is 0 Å². The van der Waals surface area contributed by atoms with Crippen LogP contribution in [-0.2, 0) is 11.2 Å². The molecule has 0 saturated carbocycles. The Kier molecular flexibility index (Phi) is 3.78. The normalized spacial score (nSPS) is 13.3. The van der Waals surface area contributed by atoms with E-state index in [4.69, 9.17) is 9.72 Å². The molecule has 3 aromatic rings. The van der Waals surface area contributed by atoms with Crippen molar-refractivity contribution in [1.29, 1.82) is 0 Å². The number of ether oxygens (including phenoxy) is 1. The molecule has 0 saturated heterocycles. The molecule has 2 aromatic carbocycles. The van der Waals surface area contributed by atoms with Crippen LogP contribution in [0.1, 0.15) is 12.0 Å². The Hall–Kier alpha value is -2.66. The van der Waals surface area contributed by atoms with Crippen molar-refractivity contribution >= 4 is 22.9 Å². The number of carbonyl (C=O) groups excluding carboxylic acids is 1. The number of nitrogens with zero attached hydrogens (tertiary/aromatic N) is 1. The fourth-order valence-electron chi connectivity index (χ4n) is 2.84. The lowest BCUT2D eigenvalue weighted by atomic mass is 9.99. The van der Waals surface area contributed by atoms with Crippen molar-refractivity contribution in [3.63, 3.8) is 0 Å². The molecule has 24 heavy (non-hydrogen) atoms. The van der Waals surface area contributed by atoms with E-state index in [1.54, 1.807) is 18.4 Å². The molecule has 1 aliphatic rings. The summed E-state index contributed by atoms with van der Waals surface area (Å²) in [4.78, 5) is 16.2. The molecule has 2 heterocycles. The third-order valence-corrected chi connectivity index (χ3v) is 5.01. The van der Waals surface area contributed by atoms with Crippen LogP contribution in [0.25, 0.3) is 21.8 Å². The van der Waals surface area contributed by atoms with Gasteiger partial charge in [-0.3, -0.25) is 4.79 Å². The summed E-state index contributed by atoms with van der Waals surface area (Å²) in [7, 11) is 1.66. The van der Waals surface area contributed by atoms with Crippen molar-refractivity contribution in [2.24, 2.45) is 0 Å². The summed E-state index contributed by atoms with van der Waals surface area (Å²) in [5.74, 6) is 0.915. The van der Waals surface area contributed by atoms with Gasteiger partial charge in [-0.25, -0.2) is 4.98 Å². The molecule has 1 N–H and O–H groups in total. The van der Waals surface area contributed by atoms with Crippen molar-refractivity contribution in [3.8, 4) is 27.6 Å². The van der Waals surface area contributed by atoms with Crippen molar-refractivity contribution in [1.82, 2.24) is 4.98 Å². The fourth-order valence-corrected chi connectivity index (χ4v) is 3.66. The Labute approximate surface area is 144 Å². The maximum Gasteiger partial charge on any atom is 0.224 e. The van der Waals surface area contributed by atoms with Gasteiger partial charge in [-0.15, -0.1) is 11.3 Å². The van der Waals surface area contributed by atoms with E-state index < -0.39 is 0 Å². The summed E-state index contributed by atoms with van der Waals surface area (Å²) in [6, 6.07) is 14.0. The zero-order valence-electron chi connectivity index (χ0n) is 13.2. The predicted octanol–water partition coefficient (Wildman–Crippen LogP) is 4.37. The summed E-state index contributed by atoms with van der Waals surface area (Å²) in [5.41, 5.74) is 5.17. The zero-order chi connectivity index (χ0) is 16.5. The molecule has 1 aromatic heterocycles. The molecular formula is C19H16N2O2S. The molecule has 0 unspecified atom stereocenters. The van der Waals surface area contributed by atoms with Crippen LogP contribution in [0.5, 0.6) is 5.75 Å². The maximum atomic E-state index is 11.5. The number of hydrogen-bond acceptors (Lipinski definition) is 4. The number of fused-ring (bicyclic) bond motifs is 1.